The highest BCUT2D eigenvalue weighted by atomic mass is 16.5. The predicted octanol–water partition coefficient (Wildman–Crippen LogP) is 4.33. The normalized spacial score (nSPS) is 10.2. The SMILES string of the molecule is CCCCOc1ccc(-c2cc[c]cc2)cc1. The molecule has 0 aliphatic heterocycles. The van der Waals surface area contributed by atoms with Crippen LogP contribution in [0.3, 0.4) is 0 Å². The minimum atomic E-state index is 0.802. The number of hydrogen-bond acceptors (Lipinski definition) is 1. The van der Waals surface area contributed by atoms with Crippen LogP contribution in [0.25, 0.3) is 11.1 Å². The number of ether oxygens (including phenoxy) is 1. The van der Waals surface area contributed by atoms with Gasteiger partial charge in [-0.15, -0.1) is 0 Å². The fourth-order valence-corrected chi connectivity index (χ4v) is 1.66. The van der Waals surface area contributed by atoms with E-state index in [0.29, 0.717) is 0 Å². The molecule has 0 aliphatic carbocycles. The van der Waals surface area contributed by atoms with Crippen LogP contribution in [0.5, 0.6) is 5.75 Å². The Balaban J connectivity index is 2.03. The Morgan fingerprint density at radius 2 is 1.59 bits per heavy atom. The first-order valence-electron chi connectivity index (χ1n) is 6.09. The molecule has 0 fully saturated rings. The lowest BCUT2D eigenvalue weighted by atomic mass is 10.1. The molecule has 0 aliphatic rings. The molecule has 0 N–H and O–H groups in total. The Hall–Kier alpha value is -1.76. The molecule has 17 heavy (non-hydrogen) atoms. The molecule has 87 valence electrons. The molecule has 1 radical (unpaired) electrons. The van der Waals surface area contributed by atoms with Crippen LogP contribution in [0.15, 0.2) is 48.5 Å². The van der Waals surface area contributed by atoms with Gasteiger partial charge in [0.25, 0.3) is 0 Å². The first kappa shape index (κ1) is 11.7. The summed E-state index contributed by atoms with van der Waals surface area (Å²) < 4.78 is 5.63. The third-order valence-electron chi connectivity index (χ3n) is 2.67. The van der Waals surface area contributed by atoms with Crippen molar-refractivity contribution in [2.75, 3.05) is 6.61 Å². The van der Waals surface area contributed by atoms with Crippen molar-refractivity contribution < 1.29 is 4.74 Å². The Bertz CT molecular complexity index is 431. The summed E-state index contributed by atoms with van der Waals surface area (Å²) >= 11 is 0. The van der Waals surface area contributed by atoms with E-state index in [2.05, 4.69) is 37.3 Å². The average molecular weight is 225 g/mol. The first-order valence-corrected chi connectivity index (χ1v) is 6.09. The van der Waals surface area contributed by atoms with E-state index in [1.807, 2.05) is 24.3 Å². The minimum absolute atomic E-state index is 0.802. The van der Waals surface area contributed by atoms with Gasteiger partial charge in [0.15, 0.2) is 0 Å². The summed E-state index contributed by atoms with van der Waals surface area (Å²) in [6.45, 7) is 2.97. The highest BCUT2D eigenvalue weighted by molar-refractivity contribution is 5.63. The Morgan fingerprint density at radius 1 is 0.941 bits per heavy atom. The largest absolute Gasteiger partial charge is 0.494 e. The summed E-state index contributed by atoms with van der Waals surface area (Å²) in [5.74, 6) is 0.949. The third kappa shape index (κ3) is 3.35. The second-order valence-electron chi connectivity index (χ2n) is 4.02. The van der Waals surface area contributed by atoms with Gasteiger partial charge in [-0.1, -0.05) is 49.7 Å². The van der Waals surface area contributed by atoms with Crippen LogP contribution in [0.4, 0.5) is 0 Å². The topological polar surface area (TPSA) is 9.23 Å². The lowest BCUT2D eigenvalue weighted by Gasteiger charge is -2.06. The third-order valence-corrected chi connectivity index (χ3v) is 2.67. The van der Waals surface area contributed by atoms with Gasteiger partial charge in [-0.2, -0.15) is 0 Å². The average Bonchev–Trinajstić information content (AvgIpc) is 2.41. The first-order chi connectivity index (χ1) is 8.40. The Labute approximate surface area is 103 Å². The molecule has 0 saturated carbocycles. The summed E-state index contributed by atoms with van der Waals surface area (Å²) in [5.41, 5.74) is 2.42. The molecule has 0 heterocycles. The van der Waals surface area contributed by atoms with E-state index in [-0.39, 0.29) is 0 Å². The Kier molecular flexibility index (Phi) is 4.20. The van der Waals surface area contributed by atoms with Gasteiger partial charge in [-0.3, -0.25) is 0 Å². The zero-order valence-electron chi connectivity index (χ0n) is 10.1. The number of unbranched alkanes of at least 4 members (excludes halogenated alkanes) is 1. The fraction of sp³-hybridized carbons (Fsp3) is 0.250. The standard InChI is InChI=1S/C16H17O/c1-2-3-13-17-16-11-9-15(10-12-16)14-7-5-4-6-8-14/h5-12H,2-3,13H2,1H3. The van der Waals surface area contributed by atoms with Crippen molar-refractivity contribution in [1.82, 2.24) is 0 Å². The van der Waals surface area contributed by atoms with Crippen molar-refractivity contribution in [2.24, 2.45) is 0 Å². The molecule has 0 saturated heterocycles. The number of hydrogen-bond donors (Lipinski definition) is 0. The van der Waals surface area contributed by atoms with Crippen molar-refractivity contribution in [2.45, 2.75) is 19.8 Å². The van der Waals surface area contributed by atoms with E-state index < -0.39 is 0 Å². The summed E-state index contributed by atoms with van der Waals surface area (Å²) in [6, 6.07) is 19.3. The molecule has 0 spiro atoms. The highest BCUT2D eigenvalue weighted by Crippen LogP contribution is 2.21. The maximum Gasteiger partial charge on any atom is 0.119 e. The van der Waals surface area contributed by atoms with Gasteiger partial charge in [-0.05, 0) is 35.7 Å². The molecule has 0 amide bonds. The number of benzene rings is 2. The van der Waals surface area contributed by atoms with Crippen LogP contribution in [0, 0.1) is 6.07 Å². The molecule has 0 unspecified atom stereocenters. The van der Waals surface area contributed by atoms with Gasteiger partial charge in [0.05, 0.1) is 6.61 Å². The Morgan fingerprint density at radius 3 is 2.24 bits per heavy atom. The van der Waals surface area contributed by atoms with Crippen LogP contribution < -0.4 is 4.74 Å². The zero-order chi connectivity index (χ0) is 11.9. The lowest BCUT2D eigenvalue weighted by molar-refractivity contribution is 0.309. The van der Waals surface area contributed by atoms with Gasteiger partial charge in [0, 0.05) is 0 Å². The molecular weight excluding hydrogens is 208 g/mol. The molecule has 0 aromatic heterocycles. The molecule has 0 atom stereocenters. The predicted molar refractivity (Wildman–Crippen MR) is 71.1 cm³/mol. The van der Waals surface area contributed by atoms with Crippen molar-refractivity contribution in [3.05, 3.63) is 54.6 Å². The fourth-order valence-electron chi connectivity index (χ4n) is 1.66. The highest BCUT2D eigenvalue weighted by Gasteiger charge is 1.97. The molecule has 2 aromatic carbocycles. The zero-order valence-corrected chi connectivity index (χ0v) is 10.1. The van der Waals surface area contributed by atoms with E-state index in [1.165, 1.54) is 17.5 Å². The van der Waals surface area contributed by atoms with Crippen LogP contribution in [-0.4, -0.2) is 6.61 Å². The van der Waals surface area contributed by atoms with E-state index in [9.17, 15) is 0 Å². The summed E-state index contributed by atoms with van der Waals surface area (Å²) in [7, 11) is 0. The second-order valence-corrected chi connectivity index (χ2v) is 4.02. The molecular formula is C16H17O. The molecule has 1 nitrogen and oxygen atoms in total. The van der Waals surface area contributed by atoms with Crippen LogP contribution in [0.1, 0.15) is 19.8 Å². The second kappa shape index (κ2) is 6.09. The van der Waals surface area contributed by atoms with Crippen molar-refractivity contribution in [3.8, 4) is 16.9 Å². The smallest absolute Gasteiger partial charge is 0.119 e. The monoisotopic (exact) mass is 225 g/mol. The summed E-state index contributed by atoms with van der Waals surface area (Å²) in [4.78, 5) is 0. The maximum atomic E-state index is 5.63. The molecule has 2 aromatic rings. The summed E-state index contributed by atoms with van der Waals surface area (Å²) in [5, 5.41) is 0. The molecule has 0 bridgehead atoms. The van der Waals surface area contributed by atoms with E-state index in [0.717, 1.165) is 18.8 Å². The van der Waals surface area contributed by atoms with Gasteiger partial charge in [0.1, 0.15) is 5.75 Å². The van der Waals surface area contributed by atoms with E-state index in [4.69, 9.17) is 4.74 Å². The molecule has 2 rings (SSSR count). The van der Waals surface area contributed by atoms with E-state index >= 15 is 0 Å². The van der Waals surface area contributed by atoms with Crippen LogP contribution in [-0.2, 0) is 0 Å². The minimum Gasteiger partial charge on any atom is -0.494 e. The summed E-state index contributed by atoms with van der Waals surface area (Å²) in [6.07, 6.45) is 2.27. The van der Waals surface area contributed by atoms with Gasteiger partial charge in [-0.25, -0.2) is 0 Å². The number of rotatable bonds is 5. The van der Waals surface area contributed by atoms with Crippen LogP contribution >= 0.6 is 0 Å². The quantitative estimate of drug-likeness (QED) is 0.688. The van der Waals surface area contributed by atoms with Crippen LogP contribution in [0.2, 0.25) is 0 Å². The maximum absolute atomic E-state index is 5.63. The van der Waals surface area contributed by atoms with Gasteiger partial charge >= 0.3 is 0 Å². The molecule has 1 heteroatoms. The van der Waals surface area contributed by atoms with Crippen molar-refractivity contribution in [1.29, 1.82) is 0 Å². The van der Waals surface area contributed by atoms with Crippen molar-refractivity contribution in [3.63, 3.8) is 0 Å². The van der Waals surface area contributed by atoms with E-state index in [1.54, 1.807) is 0 Å². The lowest BCUT2D eigenvalue weighted by Crippen LogP contribution is -1.95. The van der Waals surface area contributed by atoms with Crippen molar-refractivity contribution >= 4 is 0 Å². The van der Waals surface area contributed by atoms with Gasteiger partial charge in [0.2, 0.25) is 0 Å². The van der Waals surface area contributed by atoms with Gasteiger partial charge < -0.3 is 4.74 Å².